The molecule has 1 aliphatic heterocycles. The zero-order valence-electron chi connectivity index (χ0n) is 22.0. The summed E-state index contributed by atoms with van der Waals surface area (Å²) in [4.78, 5) is 31.8. The average molecular weight is 527 g/mol. The van der Waals surface area contributed by atoms with E-state index in [9.17, 15) is 14.7 Å². The maximum absolute atomic E-state index is 13.2. The molecule has 0 unspecified atom stereocenters. The molecule has 2 aromatic carbocycles. The molecule has 6 rings (SSSR count). The molecule has 8 nitrogen and oxygen atoms in total. The highest BCUT2D eigenvalue weighted by Crippen LogP contribution is 2.36. The van der Waals surface area contributed by atoms with Crippen LogP contribution in [0.4, 0.5) is 0 Å². The quantitative estimate of drug-likeness (QED) is 0.311. The summed E-state index contributed by atoms with van der Waals surface area (Å²) in [6, 6.07) is 15.4. The van der Waals surface area contributed by atoms with E-state index in [4.69, 9.17) is 9.40 Å². The molecule has 1 saturated carbocycles. The number of aromatic carboxylic acids is 1. The highest BCUT2D eigenvalue weighted by molar-refractivity contribution is 5.98. The fraction of sp³-hybridized carbons (Fsp3) is 0.387. The average Bonchev–Trinajstić information content (AvgIpc) is 3.62. The first-order valence-corrected chi connectivity index (χ1v) is 13.9. The van der Waals surface area contributed by atoms with Crippen LogP contribution in [0.1, 0.15) is 77.3 Å². The van der Waals surface area contributed by atoms with Crippen molar-refractivity contribution in [2.24, 2.45) is 0 Å². The Morgan fingerprint density at radius 2 is 1.79 bits per heavy atom. The topological polar surface area (TPSA) is 101 Å². The van der Waals surface area contributed by atoms with E-state index < -0.39 is 5.97 Å². The van der Waals surface area contributed by atoms with Gasteiger partial charge in [0.1, 0.15) is 12.1 Å². The number of hydrogen-bond donors (Lipinski definition) is 2. The number of piperidine rings is 1. The summed E-state index contributed by atoms with van der Waals surface area (Å²) in [5, 5.41) is 12.5. The number of carbonyl (C=O) groups excluding carboxylic acids is 1. The van der Waals surface area contributed by atoms with Crippen molar-refractivity contribution in [2.75, 3.05) is 13.1 Å². The maximum Gasteiger partial charge on any atom is 0.335 e. The first kappa shape index (κ1) is 25.4. The third-order valence-electron chi connectivity index (χ3n) is 8.17. The molecule has 2 fully saturated rings. The van der Waals surface area contributed by atoms with E-state index >= 15 is 0 Å². The third kappa shape index (κ3) is 5.47. The number of nitrogens with one attached hydrogen (secondary N) is 1. The summed E-state index contributed by atoms with van der Waals surface area (Å²) in [5.41, 5.74) is 4.80. The van der Waals surface area contributed by atoms with Crippen LogP contribution in [-0.2, 0) is 6.54 Å². The van der Waals surface area contributed by atoms with Gasteiger partial charge in [0.2, 0.25) is 0 Å². The van der Waals surface area contributed by atoms with Gasteiger partial charge in [0.25, 0.3) is 5.91 Å². The van der Waals surface area contributed by atoms with Crippen LogP contribution in [0, 0.1) is 0 Å². The molecular formula is C31H34N4O4. The Labute approximate surface area is 227 Å². The fourth-order valence-electron chi connectivity index (χ4n) is 6.11. The first-order valence-electron chi connectivity index (χ1n) is 13.9. The number of carboxylic acid groups (broad SMARTS) is 1. The second-order valence-electron chi connectivity index (χ2n) is 10.8. The van der Waals surface area contributed by atoms with Crippen molar-refractivity contribution in [3.05, 3.63) is 77.7 Å². The standard InChI is InChI=1S/C31H34N4O4/c36-30(32-25-11-14-34(15-12-25)19-21-5-4-6-23(17-21)31(37)38)22-9-10-28-27(18-22)33-29(24-13-16-39-20-24)35(28)26-7-2-1-3-8-26/h4-6,9-10,13,16-18,20,25-26H,1-3,7-8,11-12,14-15,19H2,(H,32,36)(H,37,38). The van der Waals surface area contributed by atoms with Crippen LogP contribution in [0.15, 0.2) is 65.5 Å². The minimum atomic E-state index is -0.907. The van der Waals surface area contributed by atoms with Gasteiger partial charge < -0.3 is 19.4 Å². The van der Waals surface area contributed by atoms with Crippen molar-refractivity contribution in [3.8, 4) is 11.4 Å². The lowest BCUT2D eigenvalue weighted by atomic mass is 9.95. The van der Waals surface area contributed by atoms with Gasteiger partial charge in [-0.3, -0.25) is 9.69 Å². The van der Waals surface area contributed by atoms with Crippen LogP contribution in [-0.4, -0.2) is 50.6 Å². The molecule has 8 heteroatoms. The molecule has 0 radical (unpaired) electrons. The Morgan fingerprint density at radius 3 is 2.54 bits per heavy atom. The molecule has 0 bridgehead atoms. The van der Waals surface area contributed by atoms with E-state index in [1.165, 1.54) is 19.3 Å². The van der Waals surface area contributed by atoms with E-state index in [1.807, 2.05) is 30.3 Å². The normalized spacial score (nSPS) is 17.4. The minimum Gasteiger partial charge on any atom is -0.478 e. The van der Waals surface area contributed by atoms with Crippen molar-refractivity contribution in [3.63, 3.8) is 0 Å². The number of hydrogen-bond acceptors (Lipinski definition) is 5. The van der Waals surface area contributed by atoms with Gasteiger partial charge in [-0.1, -0.05) is 31.4 Å². The van der Waals surface area contributed by atoms with Gasteiger partial charge in [-0.05, 0) is 67.6 Å². The Hall–Kier alpha value is -3.91. The highest BCUT2D eigenvalue weighted by Gasteiger charge is 2.25. The molecule has 2 aromatic heterocycles. The largest absolute Gasteiger partial charge is 0.478 e. The predicted molar refractivity (Wildman–Crippen MR) is 149 cm³/mol. The molecule has 202 valence electrons. The fourth-order valence-corrected chi connectivity index (χ4v) is 6.11. The van der Waals surface area contributed by atoms with Gasteiger partial charge in [0.05, 0.1) is 28.4 Å². The summed E-state index contributed by atoms with van der Waals surface area (Å²) in [7, 11) is 0. The SMILES string of the molecule is O=C(O)c1cccc(CN2CCC(NC(=O)c3ccc4c(c3)nc(-c3ccoc3)n4C3CCCCC3)CC2)c1. The number of likely N-dealkylation sites (tertiary alicyclic amines) is 1. The summed E-state index contributed by atoms with van der Waals surface area (Å²) in [6.45, 7) is 2.41. The lowest BCUT2D eigenvalue weighted by molar-refractivity contribution is 0.0696. The zero-order chi connectivity index (χ0) is 26.8. The number of carboxylic acids is 1. The van der Waals surface area contributed by atoms with Crippen molar-refractivity contribution < 1.29 is 19.1 Å². The number of furan rings is 1. The Bertz CT molecular complexity index is 1460. The third-order valence-corrected chi connectivity index (χ3v) is 8.17. The van der Waals surface area contributed by atoms with E-state index in [-0.39, 0.29) is 11.9 Å². The smallest absolute Gasteiger partial charge is 0.335 e. The van der Waals surface area contributed by atoms with Crippen molar-refractivity contribution >= 4 is 22.9 Å². The second kappa shape index (κ2) is 11.1. The van der Waals surface area contributed by atoms with Crippen LogP contribution in [0.2, 0.25) is 0 Å². The molecule has 39 heavy (non-hydrogen) atoms. The van der Waals surface area contributed by atoms with Gasteiger partial charge in [-0.25, -0.2) is 9.78 Å². The Kier molecular flexibility index (Phi) is 7.20. The zero-order valence-corrected chi connectivity index (χ0v) is 22.0. The number of amides is 1. The lowest BCUT2D eigenvalue weighted by Gasteiger charge is -2.32. The number of benzene rings is 2. The van der Waals surface area contributed by atoms with Crippen LogP contribution in [0.3, 0.4) is 0 Å². The number of imidazole rings is 1. The van der Waals surface area contributed by atoms with E-state index in [1.54, 1.807) is 30.7 Å². The summed E-state index contributed by atoms with van der Waals surface area (Å²) >= 11 is 0. The molecule has 2 N–H and O–H groups in total. The Morgan fingerprint density at radius 1 is 0.974 bits per heavy atom. The molecule has 3 heterocycles. The number of fused-ring (bicyclic) bond motifs is 1. The van der Waals surface area contributed by atoms with E-state index in [0.29, 0.717) is 23.7 Å². The van der Waals surface area contributed by atoms with Crippen molar-refractivity contribution in [1.29, 1.82) is 0 Å². The van der Waals surface area contributed by atoms with E-state index in [0.717, 1.165) is 66.8 Å². The molecule has 1 amide bonds. The summed E-state index contributed by atoms with van der Waals surface area (Å²) in [6.07, 6.45) is 11.1. The molecule has 0 spiro atoms. The number of carbonyl (C=O) groups is 2. The maximum atomic E-state index is 13.2. The molecular weight excluding hydrogens is 492 g/mol. The van der Waals surface area contributed by atoms with Crippen LogP contribution in [0.5, 0.6) is 0 Å². The van der Waals surface area contributed by atoms with E-state index in [2.05, 4.69) is 14.8 Å². The molecule has 1 saturated heterocycles. The van der Waals surface area contributed by atoms with Gasteiger partial charge >= 0.3 is 5.97 Å². The van der Waals surface area contributed by atoms with Crippen LogP contribution >= 0.6 is 0 Å². The van der Waals surface area contributed by atoms with Gasteiger partial charge in [-0.2, -0.15) is 0 Å². The van der Waals surface area contributed by atoms with Crippen molar-refractivity contribution in [1.82, 2.24) is 19.8 Å². The van der Waals surface area contributed by atoms with Gasteiger partial charge in [0.15, 0.2) is 0 Å². The molecule has 1 aliphatic carbocycles. The Balaban J connectivity index is 1.13. The number of nitrogens with zero attached hydrogens (tertiary/aromatic N) is 3. The molecule has 2 aliphatic rings. The van der Waals surface area contributed by atoms with Crippen LogP contribution in [0.25, 0.3) is 22.4 Å². The molecule has 4 aromatic rings. The number of rotatable bonds is 7. The minimum absolute atomic E-state index is 0.0680. The predicted octanol–water partition coefficient (Wildman–Crippen LogP) is 5.89. The number of aromatic nitrogens is 2. The molecule has 0 atom stereocenters. The second-order valence-corrected chi connectivity index (χ2v) is 10.8. The van der Waals surface area contributed by atoms with Gasteiger partial charge in [-0.15, -0.1) is 0 Å². The lowest BCUT2D eigenvalue weighted by Crippen LogP contribution is -2.44. The summed E-state index contributed by atoms with van der Waals surface area (Å²) < 4.78 is 7.71. The van der Waals surface area contributed by atoms with Gasteiger partial charge in [0, 0.05) is 37.3 Å². The van der Waals surface area contributed by atoms with Crippen LogP contribution < -0.4 is 5.32 Å². The summed E-state index contributed by atoms with van der Waals surface area (Å²) in [5.74, 6) is -0.0685. The highest BCUT2D eigenvalue weighted by atomic mass is 16.4. The monoisotopic (exact) mass is 526 g/mol. The van der Waals surface area contributed by atoms with Crippen molar-refractivity contribution in [2.45, 2.75) is 63.6 Å². The first-order chi connectivity index (χ1) is 19.0.